The first-order valence-corrected chi connectivity index (χ1v) is 11.5. The lowest BCUT2D eigenvalue weighted by molar-refractivity contribution is 0.217. The van der Waals surface area contributed by atoms with Crippen molar-refractivity contribution >= 4 is 29.9 Å². The van der Waals surface area contributed by atoms with E-state index in [-0.39, 0.29) is 24.0 Å². The summed E-state index contributed by atoms with van der Waals surface area (Å²) < 4.78 is 13.4. The number of hydrogen-bond acceptors (Lipinski definition) is 5. The van der Waals surface area contributed by atoms with Crippen molar-refractivity contribution in [3.63, 3.8) is 0 Å². The molecule has 0 amide bonds. The number of benzene rings is 1. The van der Waals surface area contributed by atoms with E-state index in [1.54, 1.807) is 7.11 Å². The van der Waals surface area contributed by atoms with Crippen LogP contribution in [0, 0.1) is 0 Å². The standard InChI is InChI=1S/C24H38N6O2.HI/c1-6-29(7-2)12-13-32-22-9-8-19(14-23(22)31-5)15-26-24(25-3)30-11-10-20(18-30)21-16-27-28(4)17-21;/h8-9,14,16-17,20H,6-7,10-13,15,18H2,1-5H3,(H,25,26);1H. The van der Waals surface area contributed by atoms with Crippen LogP contribution in [0.15, 0.2) is 35.6 Å². The quantitative estimate of drug-likeness (QED) is 0.269. The Morgan fingerprint density at radius 3 is 2.70 bits per heavy atom. The first kappa shape index (κ1) is 27.2. The Hall–Kier alpha value is -2.01. The van der Waals surface area contributed by atoms with E-state index in [1.807, 2.05) is 37.1 Å². The van der Waals surface area contributed by atoms with E-state index in [1.165, 1.54) is 5.56 Å². The van der Waals surface area contributed by atoms with Crippen molar-refractivity contribution in [1.82, 2.24) is 24.9 Å². The maximum absolute atomic E-state index is 5.97. The van der Waals surface area contributed by atoms with E-state index in [0.29, 0.717) is 19.1 Å². The molecular weight excluding hydrogens is 531 g/mol. The third-order valence-electron chi connectivity index (χ3n) is 6.13. The molecule has 0 saturated carbocycles. The summed E-state index contributed by atoms with van der Waals surface area (Å²) in [5, 5.41) is 7.82. The van der Waals surface area contributed by atoms with Crippen molar-refractivity contribution in [2.75, 3.05) is 53.5 Å². The number of aliphatic imine (C=N–C) groups is 1. The molecule has 1 saturated heterocycles. The Bertz CT molecular complexity index is 884. The van der Waals surface area contributed by atoms with Crippen molar-refractivity contribution in [2.24, 2.45) is 12.0 Å². The second-order valence-corrected chi connectivity index (χ2v) is 8.14. The molecule has 2 aromatic rings. The minimum Gasteiger partial charge on any atom is -0.493 e. The summed E-state index contributed by atoms with van der Waals surface area (Å²) in [7, 11) is 5.49. The van der Waals surface area contributed by atoms with Crippen molar-refractivity contribution in [2.45, 2.75) is 32.7 Å². The van der Waals surface area contributed by atoms with Gasteiger partial charge in [0, 0.05) is 52.4 Å². The van der Waals surface area contributed by atoms with Crippen LogP contribution in [-0.2, 0) is 13.6 Å². The molecule has 1 aromatic heterocycles. The van der Waals surface area contributed by atoms with E-state index in [9.17, 15) is 0 Å². The smallest absolute Gasteiger partial charge is 0.193 e. The van der Waals surface area contributed by atoms with E-state index in [4.69, 9.17) is 9.47 Å². The van der Waals surface area contributed by atoms with Crippen LogP contribution in [0.5, 0.6) is 11.5 Å². The van der Waals surface area contributed by atoms with E-state index >= 15 is 0 Å². The average Bonchev–Trinajstić information content (AvgIpc) is 3.47. The van der Waals surface area contributed by atoms with Gasteiger partial charge in [-0.15, -0.1) is 24.0 Å². The highest BCUT2D eigenvalue weighted by Gasteiger charge is 2.26. The molecule has 1 unspecified atom stereocenters. The maximum atomic E-state index is 5.97. The average molecular weight is 571 g/mol. The molecule has 0 radical (unpaired) electrons. The van der Waals surface area contributed by atoms with Gasteiger partial charge in [0.15, 0.2) is 17.5 Å². The molecule has 0 spiro atoms. The Balaban J connectivity index is 0.00000385. The highest BCUT2D eigenvalue weighted by Crippen LogP contribution is 2.29. The fraction of sp³-hybridized carbons (Fsp3) is 0.583. The Labute approximate surface area is 215 Å². The fourth-order valence-corrected chi connectivity index (χ4v) is 4.15. The Kier molecular flexibility index (Phi) is 11.3. The summed E-state index contributed by atoms with van der Waals surface area (Å²) in [5.74, 6) is 2.97. The zero-order chi connectivity index (χ0) is 22.9. The van der Waals surface area contributed by atoms with E-state index in [0.717, 1.165) is 62.2 Å². The minimum atomic E-state index is 0. The largest absolute Gasteiger partial charge is 0.493 e. The number of aromatic nitrogens is 2. The van der Waals surface area contributed by atoms with Crippen molar-refractivity contribution in [1.29, 1.82) is 0 Å². The fourth-order valence-electron chi connectivity index (χ4n) is 4.15. The van der Waals surface area contributed by atoms with E-state index < -0.39 is 0 Å². The predicted molar refractivity (Wildman–Crippen MR) is 144 cm³/mol. The van der Waals surface area contributed by atoms with Crippen LogP contribution in [0.2, 0.25) is 0 Å². The summed E-state index contributed by atoms with van der Waals surface area (Å²) in [6.07, 6.45) is 5.20. The molecule has 3 rings (SSSR count). The molecule has 9 heteroatoms. The second-order valence-electron chi connectivity index (χ2n) is 8.14. The minimum absolute atomic E-state index is 0. The summed E-state index contributed by atoms with van der Waals surface area (Å²) in [4.78, 5) is 9.16. The van der Waals surface area contributed by atoms with Crippen molar-refractivity contribution < 1.29 is 9.47 Å². The zero-order valence-corrected chi connectivity index (χ0v) is 22.9. The SMILES string of the molecule is CCN(CC)CCOc1ccc(CNC(=NC)N2CCC(c3cnn(C)c3)C2)cc1OC.I. The number of likely N-dealkylation sites (tertiary alicyclic amines) is 1. The van der Waals surface area contributed by atoms with E-state index in [2.05, 4.69) is 51.3 Å². The summed E-state index contributed by atoms with van der Waals surface area (Å²) in [5.41, 5.74) is 2.42. The number of ether oxygens (including phenoxy) is 2. The number of methoxy groups -OCH3 is 1. The van der Waals surface area contributed by atoms with Gasteiger partial charge in [-0.2, -0.15) is 5.10 Å². The summed E-state index contributed by atoms with van der Waals surface area (Å²) in [6, 6.07) is 6.11. The number of likely N-dealkylation sites (N-methyl/N-ethyl adjacent to an activating group) is 1. The molecule has 1 atom stereocenters. The molecule has 2 heterocycles. The van der Waals surface area contributed by atoms with Crippen LogP contribution < -0.4 is 14.8 Å². The maximum Gasteiger partial charge on any atom is 0.193 e. The Morgan fingerprint density at radius 2 is 2.06 bits per heavy atom. The molecule has 8 nitrogen and oxygen atoms in total. The van der Waals surface area contributed by atoms with Crippen LogP contribution >= 0.6 is 24.0 Å². The molecule has 33 heavy (non-hydrogen) atoms. The molecule has 1 N–H and O–H groups in total. The number of halogens is 1. The van der Waals surface area contributed by atoms with Gasteiger partial charge >= 0.3 is 0 Å². The molecule has 1 fully saturated rings. The number of nitrogens with one attached hydrogen (secondary N) is 1. The highest BCUT2D eigenvalue weighted by atomic mass is 127. The Morgan fingerprint density at radius 1 is 1.27 bits per heavy atom. The van der Waals surface area contributed by atoms with Gasteiger partial charge in [-0.05, 0) is 42.8 Å². The lowest BCUT2D eigenvalue weighted by Gasteiger charge is -2.22. The second kappa shape index (κ2) is 13.6. The molecular formula is C24H39IN6O2. The van der Waals surface area contributed by atoms with Crippen LogP contribution in [0.3, 0.4) is 0 Å². The van der Waals surface area contributed by atoms with Gasteiger partial charge in [0.1, 0.15) is 6.61 Å². The first-order valence-electron chi connectivity index (χ1n) is 11.5. The number of hydrogen-bond donors (Lipinski definition) is 1. The number of nitrogens with zero attached hydrogens (tertiary/aromatic N) is 5. The van der Waals surface area contributed by atoms with Gasteiger partial charge in [0.05, 0.1) is 13.3 Å². The van der Waals surface area contributed by atoms with Crippen LogP contribution in [0.1, 0.15) is 37.3 Å². The van der Waals surface area contributed by atoms with Crippen molar-refractivity contribution in [3.05, 3.63) is 41.7 Å². The molecule has 0 aliphatic carbocycles. The van der Waals surface area contributed by atoms with Gasteiger partial charge in [0.25, 0.3) is 0 Å². The van der Waals surface area contributed by atoms with Gasteiger partial charge in [-0.1, -0.05) is 19.9 Å². The predicted octanol–water partition coefficient (Wildman–Crippen LogP) is 3.33. The molecule has 0 bridgehead atoms. The van der Waals surface area contributed by atoms with Crippen LogP contribution in [-0.4, -0.2) is 79.0 Å². The topological polar surface area (TPSA) is 67.2 Å². The lowest BCUT2D eigenvalue weighted by atomic mass is 10.0. The molecule has 1 aliphatic heterocycles. The van der Waals surface area contributed by atoms with Gasteiger partial charge in [-0.3, -0.25) is 9.67 Å². The van der Waals surface area contributed by atoms with Crippen LogP contribution in [0.4, 0.5) is 0 Å². The highest BCUT2D eigenvalue weighted by molar-refractivity contribution is 14.0. The molecule has 1 aromatic carbocycles. The summed E-state index contributed by atoms with van der Waals surface area (Å²) in [6.45, 7) is 10.6. The monoisotopic (exact) mass is 570 g/mol. The molecule has 184 valence electrons. The number of rotatable bonds is 10. The first-order chi connectivity index (χ1) is 15.6. The molecule has 1 aliphatic rings. The third kappa shape index (κ3) is 7.49. The zero-order valence-electron chi connectivity index (χ0n) is 20.6. The normalized spacial score (nSPS) is 16.1. The van der Waals surface area contributed by atoms with Crippen LogP contribution in [0.25, 0.3) is 0 Å². The number of guanidine groups is 1. The van der Waals surface area contributed by atoms with Crippen molar-refractivity contribution in [3.8, 4) is 11.5 Å². The van der Waals surface area contributed by atoms with Gasteiger partial charge in [0.2, 0.25) is 0 Å². The van der Waals surface area contributed by atoms with Gasteiger partial charge in [-0.25, -0.2) is 0 Å². The third-order valence-corrected chi connectivity index (χ3v) is 6.13. The summed E-state index contributed by atoms with van der Waals surface area (Å²) >= 11 is 0. The van der Waals surface area contributed by atoms with Gasteiger partial charge < -0.3 is 24.6 Å². The lowest BCUT2D eigenvalue weighted by Crippen LogP contribution is -2.39. The number of aryl methyl sites for hydroxylation is 1.